The highest BCUT2D eigenvalue weighted by Gasteiger charge is 2.06. The van der Waals surface area contributed by atoms with Gasteiger partial charge >= 0.3 is 0 Å². The van der Waals surface area contributed by atoms with Crippen molar-refractivity contribution in [3.05, 3.63) is 64.7 Å². The zero-order valence-corrected chi connectivity index (χ0v) is 11.0. The van der Waals surface area contributed by atoms with E-state index in [1.54, 1.807) is 48.5 Å². The molecule has 1 atom stereocenters. The van der Waals surface area contributed by atoms with E-state index in [9.17, 15) is 4.21 Å². The molecular weight excluding hydrogens is 268 g/mol. The summed E-state index contributed by atoms with van der Waals surface area (Å²) in [6.07, 6.45) is 3.17. The lowest BCUT2D eigenvalue weighted by Gasteiger charge is -2.00. The molecule has 0 aliphatic heterocycles. The molecule has 1 unspecified atom stereocenters. The summed E-state index contributed by atoms with van der Waals surface area (Å²) in [4.78, 5) is 3.94. The lowest BCUT2D eigenvalue weighted by atomic mass is 10.2. The van der Waals surface area contributed by atoms with E-state index in [0.717, 1.165) is 5.56 Å². The maximum atomic E-state index is 12.1. The quantitative estimate of drug-likeness (QED) is 0.928. The number of halogens is 1. The van der Waals surface area contributed by atoms with Crippen LogP contribution in [-0.2, 0) is 9.73 Å². The van der Waals surface area contributed by atoms with Crippen LogP contribution in [-0.4, -0.2) is 9.19 Å². The van der Waals surface area contributed by atoms with Gasteiger partial charge < -0.3 is 0 Å². The van der Waals surface area contributed by atoms with Gasteiger partial charge in [-0.05, 0) is 35.9 Å². The summed E-state index contributed by atoms with van der Waals surface area (Å²) in [5, 5.41) is 2.26. The van der Waals surface area contributed by atoms with Crippen molar-refractivity contribution in [3.8, 4) is 0 Å². The molecule has 1 N–H and O–H groups in total. The standard InChI is InChI=1S/C13H11ClN2OS/c14-12-6-4-11(5-7-12)8-10-18(15,17)13-3-1-2-9-16-13/h1-10,15H/b10-8+. The first-order valence-corrected chi connectivity index (χ1v) is 7.21. The van der Waals surface area contributed by atoms with E-state index < -0.39 is 9.73 Å². The number of benzene rings is 1. The fraction of sp³-hybridized carbons (Fsp3) is 0. The van der Waals surface area contributed by atoms with Crippen LogP contribution in [0.15, 0.2) is 59.1 Å². The molecule has 0 spiro atoms. The van der Waals surface area contributed by atoms with Crippen LogP contribution in [0.5, 0.6) is 0 Å². The van der Waals surface area contributed by atoms with Crippen LogP contribution < -0.4 is 0 Å². The highest BCUT2D eigenvalue weighted by molar-refractivity contribution is 7.95. The van der Waals surface area contributed by atoms with Gasteiger partial charge in [0.15, 0.2) is 0 Å². The lowest BCUT2D eigenvalue weighted by molar-refractivity contribution is 0.678. The van der Waals surface area contributed by atoms with E-state index in [0.29, 0.717) is 5.02 Å². The van der Waals surface area contributed by atoms with E-state index >= 15 is 0 Å². The summed E-state index contributed by atoms with van der Waals surface area (Å²) < 4.78 is 19.9. The second kappa shape index (κ2) is 5.33. The number of rotatable bonds is 3. The summed E-state index contributed by atoms with van der Waals surface area (Å²) in [6, 6.07) is 12.1. The molecule has 0 radical (unpaired) electrons. The van der Waals surface area contributed by atoms with Gasteiger partial charge in [-0.1, -0.05) is 29.8 Å². The van der Waals surface area contributed by atoms with E-state index in [2.05, 4.69) is 4.98 Å². The predicted molar refractivity (Wildman–Crippen MR) is 73.9 cm³/mol. The zero-order chi connectivity index (χ0) is 13.0. The largest absolute Gasteiger partial charge is 0.246 e. The first-order valence-electron chi connectivity index (χ1n) is 5.21. The predicted octanol–water partition coefficient (Wildman–Crippen LogP) is 3.81. The lowest BCUT2D eigenvalue weighted by Crippen LogP contribution is -1.96. The maximum Gasteiger partial charge on any atom is 0.139 e. The Bertz CT molecular complexity index is 649. The van der Waals surface area contributed by atoms with Gasteiger partial charge in [-0.3, -0.25) is 0 Å². The molecule has 2 aromatic rings. The molecule has 0 saturated carbocycles. The third kappa shape index (κ3) is 3.18. The van der Waals surface area contributed by atoms with Gasteiger partial charge in [0.1, 0.15) is 14.8 Å². The van der Waals surface area contributed by atoms with Crippen LogP contribution in [0.1, 0.15) is 5.56 Å². The number of hydrogen-bond donors (Lipinski definition) is 1. The Morgan fingerprint density at radius 2 is 1.89 bits per heavy atom. The number of hydrogen-bond acceptors (Lipinski definition) is 3. The monoisotopic (exact) mass is 278 g/mol. The third-order valence-corrected chi connectivity index (χ3v) is 3.90. The van der Waals surface area contributed by atoms with Crippen LogP contribution in [0.2, 0.25) is 5.02 Å². The Kier molecular flexibility index (Phi) is 3.79. The smallest absolute Gasteiger partial charge is 0.139 e. The molecule has 0 saturated heterocycles. The number of pyridine rings is 1. The highest BCUT2D eigenvalue weighted by Crippen LogP contribution is 2.14. The van der Waals surface area contributed by atoms with Crippen LogP contribution in [0.3, 0.4) is 0 Å². The van der Waals surface area contributed by atoms with Crippen LogP contribution in [0.4, 0.5) is 0 Å². The summed E-state index contributed by atoms with van der Waals surface area (Å²) in [5.74, 6) is 0. The minimum Gasteiger partial charge on any atom is -0.246 e. The van der Waals surface area contributed by atoms with Gasteiger partial charge in [0, 0.05) is 16.6 Å². The average molecular weight is 279 g/mol. The third-order valence-electron chi connectivity index (χ3n) is 2.27. The molecule has 0 fully saturated rings. The normalized spacial score (nSPS) is 14.5. The molecule has 1 aromatic carbocycles. The maximum absolute atomic E-state index is 12.1. The van der Waals surface area contributed by atoms with E-state index in [-0.39, 0.29) is 5.03 Å². The number of nitrogens with zero attached hydrogens (tertiary/aromatic N) is 1. The molecule has 92 valence electrons. The Balaban J connectivity index is 2.26. The van der Waals surface area contributed by atoms with Gasteiger partial charge in [-0.2, -0.15) is 0 Å². The molecule has 18 heavy (non-hydrogen) atoms. The van der Waals surface area contributed by atoms with Crippen molar-refractivity contribution in [1.29, 1.82) is 4.78 Å². The van der Waals surface area contributed by atoms with E-state index in [1.807, 2.05) is 0 Å². The Hall–Kier alpha value is -1.65. The molecule has 1 heterocycles. The number of aromatic nitrogens is 1. The zero-order valence-electron chi connectivity index (χ0n) is 9.42. The molecule has 1 aromatic heterocycles. The van der Waals surface area contributed by atoms with Crippen LogP contribution >= 0.6 is 11.6 Å². The second-order valence-corrected chi connectivity index (χ2v) is 5.95. The van der Waals surface area contributed by atoms with Gasteiger partial charge in [-0.15, -0.1) is 0 Å². The number of nitrogens with one attached hydrogen (secondary N) is 1. The fourth-order valence-corrected chi connectivity index (χ4v) is 2.46. The SMILES string of the molecule is N=S(=O)(/C=C/c1ccc(Cl)cc1)c1ccccn1. The molecule has 0 bridgehead atoms. The second-order valence-electron chi connectivity index (χ2n) is 3.62. The first-order chi connectivity index (χ1) is 8.58. The Labute approximate surface area is 111 Å². The van der Waals surface area contributed by atoms with Crippen molar-refractivity contribution in [2.24, 2.45) is 0 Å². The minimum absolute atomic E-state index is 0.259. The Morgan fingerprint density at radius 3 is 2.50 bits per heavy atom. The van der Waals surface area contributed by atoms with Gasteiger partial charge in [0.25, 0.3) is 0 Å². The molecule has 5 heteroatoms. The molecule has 2 rings (SSSR count). The van der Waals surface area contributed by atoms with Gasteiger partial charge in [0.2, 0.25) is 0 Å². The fourth-order valence-electron chi connectivity index (χ4n) is 1.34. The minimum atomic E-state index is -2.99. The van der Waals surface area contributed by atoms with E-state index in [4.69, 9.17) is 16.4 Å². The molecular formula is C13H11ClN2OS. The van der Waals surface area contributed by atoms with E-state index in [1.165, 1.54) is 11.6 Å². The summed E-state index contributed by atoms with van der Waals surface area (Å²) in [6.45, 7) is 0. The van der Waals surface area contributed by atoms with Gasteiger partial charge in [0.05, 0.1) is 0 Å². The van der Waals surface area contributed by atoms with Crippen molar-refractivity contribution in [2.45, 2.75) is 5.03 Å². The van der Waals surface area contributed by atoms with Crippen LogP contribution in [0, 0.1) is 4.78 Å². The molecule has 3 nitrogen and oxygen atoms in total. The van der Waals surface area contributed by atoms with Crippen molar-refractivity contribution in [1.82, 2.24) is 4.98 Å². The van der Waals surface area contributed by atoms with Gasteiger partial charge in [-0.25, -0.2) is 14.0 Å². The Morgan fingerprint density at radius 1 is 1.17 bits per heavy atom. The molecule has 0 amide bonds. The summed E-state index contributed by atoms with van der Waals surface area (Å²) in [7, 11) is -2.99. The highest BCUT2D eigenvalue weighted by atomic mass is 35.5. The van der Waals surface area contributed by atoms with Crippen molar-refractivity contribution in [2.75, 3.05) is 0 Å². The van der Waals surface area contributed by atoms with Crippen molar-refractivity contribution < 1.29 is 4.21 Å². The topological polar surface area (TPSA) is 53.8 Å². The molecule has 0 aliphatic carbocycles. The summed E-state index contributed by atoms with van der Waals surface area (Å²) >= 11 is 5.77. The van der Waals surface area contributed by atoms with Crippen LogP contribution in [0.25, 0.3) is 6.08 Å². The van der Waals surface area contributed by atoms with Crippen molar-refractivity contribution in [3.63, 3.8) is 0 Å². The molecule has 0 aliphatic rings. The summed E-state index contributed by atoms with van der Waals surface area (Å²) in [5.41, 5.74) is 0.843. The van der Waals surface area contributed by atoms with Crippen molar-refractivity contribution >= 4 is 27.4 Å². The average Bonchev–Trinajstić information content (AvgIpc) is 2.39. The first kappa shape index (κ1) is 12.8.